The summed E-state index contributed by atoms with van der Waals surface area (Å²) in [5.41, 5.74) is 0. The summed E-state index contributed by atoms with van der Waals surface area (Å²) in [7, 11) is -2.87. The van der Waals surface area contributed by atoms with Crippen molar-refractivity contribution in [1.82, 2.24) is 0 Å². The van der Waals surface area contributed by atoms with Crippen LogP contribution >= 0.6 is 43.1 Å². The number of carbonyl (C=O) groups is 1. The molecule has 0 unspecified atom stereocenters. The largest absolute Gasteiger partial charge is 0.692 e. The van der Waals surface area contributed by atoms with Gasteiger partial charge in [-0.15, -0.1) is 9.79 Å². The van der Waals surface area contributed by atoms with Crippen LogP contribution in [-0.2, 0) is 14.1 Å². The molecule has 2 N–H and O–H groups in total. The molecule has 0 aliphatic heterocycles. The first-order valence-electron chi connectivity index (χ1n) is 3.26. The zero-order valence-electron chi connectivity index (χ0n) is 7.11. The van der Waals surface area contributed by atoms with E-state index in [1.165, 1.54) is 0 Å². The Labute approximate surface area is 96.9 Å². The van der Waals surface area contributed by atoms with E-state index >= 15 is 0 Å². The van der Waals surface area contributed by atoms with Gasteiger partial charge in [0, 0.05) is 11.0 Å². The van der Waals surface area contributed by atoms with Crippen molar-refractivity contribution in [2.45, 2.75) is 17.1 Å². The molecule has 0 heterocycles. The Morgan fingerprint density at radius 1 is 1.43 bits per heavy atom. The lowest BCUT2D eigenvalue weighted by Gasteiger charge is -2.09. The fourth-order valence-electron chi connectivity index (χ4n) is 0.264. The number of hydrogen-bond donors (Lipinski definition) is 2. The molecular formula is C5H9Cl3O5P+. The molecule has 0 atom stereocenters. The Morgan fingerprint density at radius 3 is 2.00 bits per heavy atom. The summed E-state index contributed by atoms with van der Waals surface area (Å²) in [5, 5.41) is 0. The Bertz CT molecular complexity index is 188. The normalized spacial score (nSPS) is 9.86. The van der Waals surface area contributed by atoms with Gasteiger partial charge in [-0.25, -0.2) is 0 Å². The van der Waals surface area contributed by atoms with E-state index in [9.17, 15) is 4.79 Å². The van der Waals surface area contributed by atoms with Gasteiger partial charge >= 0.3 is 14.2 Å². The lowest BCUT2D eigenvalue weighted by atomic mass is 10.5. The summed E-state index contributed by atoms with van der Waals surface area (Å²) in [6.45, 7) is 1.48. The molecular weight excluding hydrogens is 277 g/mol. The van der Waals surface area contributed by atoms with Gasteiger partial charge in [-0.05, 0) is 0 Å². The smallest absolute Gasteiger partial charge is 0.461 e. The maximum Gasteiger partial charge on any atom is 0.692 e. The second-order valence-electron chi connectivity index (χ2n) is 1.88. The predicted molar refractivity (Wildman–Crippen MR) is 53.6 cm³/mol. The van der Waals surface area contributed by atoms with E-state index in [4.69, 9.17) is 49.2 Å². The van der Waals surface area contributed by atoms with E-state index in [0.29, 0.717) is 6.42 Å². The van der Waals surface area contributed by atoms with Gasteiger partial charge in [0.25, 0.3) is 0 Å². The van der Waals surface area contributed by atoms with E-state index < -0.39 is 12.0 Å². The highest BCUT2D eigenvalue weighted by Gasteiger charge is 2.21. The van der Waals surface area contributed by atoms with Gasteiger partial charge in [-0.2, -0.15) is 0 Å². The van der Waals surface area contributed by atoms with Gasteiger partial charge < -0.3 is 4.74 Å². The SMILES string of the molecule is CCC(=O)OCC(Cl)(Cl)Cl.O=[P+](O)O. The van der Waals surface area contributed by atoms with Crippen LogP contribution in [0.15, 0.2) is 0 Å². The first-order valence-corrected chi connectivity index (χ1v) is 5.56. The Morgan fingerprint density at radius 2 is 1.79 bits per heavy atom. The fraction of sp³-hybridized carbons (Fsp3) is 0.800. The van der Waals surface area contributed by atoms with E-state index in [1.807, 2.05) is 0 Å². The minimum absolute atomic E-state index is 0.190. The Hall–Kier alpha value is 0.360. The summed E-state index contributed by atoms with van der Waals surface area (Å²) >= 11 is 15.9. The minimum atomic E-state index is -2.87. The van der Waals surface area contributed by atoms with Gasteiger partial charge in [0.2, 0.25) is 3.79 Å². The molecule has 0 rings (SSSR count). The maximum absolute atomic E-state index is 10.5. The molecule has 0 fully saturated rings. The van der Waals surface area contributed by atoms with Crippen molar-refractivity contribution in [2.24, 2.45) is 0 Å². The summed E-state index contributed by atoms with van der Waals surface area (Å²) in [6.07, 6.45) is 0.292. The highest BCUT2D eigenvalue weighted by atomic mass is 35.6. The van der Waals surface area contributed by atoms with Crippen LogP contribution in [0.25, 0.3) is 0 Å². The van der Waals surface area contributed by atoms with Crippen LogP contribution in [0.2, 0.25) is 0 Å². The van der Waals surface area contributed by atoms with Crippen molar-refractivity contribution >= 4 is 49.0 Å². The number of esters is 1. The van der Waals surface area contributed by atoms with Gasteiger partial charge in [-0.1, -0.05) is 41.7 Å². The molecule has 9 heteroatoms. The quantitative estimate of drug-likeness (QED) is 0.460. The van der Waals surface area contributed by atoms with Crippen molar-refractivity contribution in [3.8, 4) is 0 Å². The lowest BCUT2D eigenvalue weighted by molar-refractivity contribution is -0.143. The van der Waals surface area contributed by atoms with E-state index in [0.717, 1.165) is 0 Å². The zero-order valence-corrected chi connectivity index (χ0v) is 10.3. The van der Waals surface area contributed by atoms with Crippen LogP contribution in [-0.4, -0.2) is 26.2 Å². The van der Waals surface area contributed by atoms with Crippen molar-refractivity contribution in [3.63, 3.8) is 0 Å². The van der Waals surface area contributed by atoms with Crippen LogP contribution in [0.1, 0.15) is 13.3 Å². The first kappa shape index (κ1) is 16.8. The number of rotatable bonds is 2. The molecule has 0 amide bonds. The molecule has 0 aromatic rings. The number of hydrogen-bond acceptors (Lipinski definition) is 3. The molecule has 5 nitrogen and oxygen atoms in total. The average molecular weight is 286 g/mol. The molecule has 0 aliphatic carbocycles. The summed E-state index contributed by atoms with van der Waals surface area (Å²) in [6, 6.07) is 0. The van der Waals surface area contributed by atoms with Crippen molar-refractivity contribution in [1.29, 1.82) is 0 Å². The number of carbonyl (C=O) groups excluding carboxylic acids is 1. The standard InChI is InChI=1S/C5H7Cl3O2.HO3P/c1-2-4(9)10-3-5(6,7)8;1-4(2)3/h2-3H2,1H3;(H-,1,2,3)/p+1. The van der Waals surface area contributed by atoms with Gasteiger partial charge in [0.1, 0.15) is 6.61 Å². The molecule has 0 aliphatic rings. The summed E-state index contributed by atoms with van der Waals surface area (Å²) < 4.78 is 11.7. The summed E-state index contributed by atoms with van der Waals surface area (Å²) in [4.78, 5) is 24.7. The number of halogens is 3. The van der Waals surface area contributed by atoms with E-state index in [-0.39, 0.29) is 12.6 Å². The first-order chi connectivity index (χ1) is 6.19. The average Bonchev–Trinajstić information content (AvgIpc) is 1.97. The Balaban J connectivity index is 0. The monoisotopic (exact) mass is 285 g/mol. The van der Waals surface area contributed by atoms with E-state index in [1.54, 1.807) is 6.92 Å². The second kappa shape index (κ2) is 8.65. The third kappa shape index (κ3) is 22.8. The topological polar surface area (TPSA) is 83.8 Å². The van der Waals surface area contributed by atoms with Crippen LogP contribution in [0.3, 0.4) is 0 Å². The van der Waals surface area contributed by atoms with Crippen LogP contribution in [0, 0.1) is 0 Å². The second-order valence-corrected chi connectivity index (χ2v) is 4.90. The number of ether oxygens (including phenoxy) is 1. The molecule has 0 radical (unpaired) electrons. The molecule has 84 valence electrons. The van der Waals surface area contributed by atoms with Gasteiger partial charge in [0.15, 0.2) is 0 Å². The fourth-order valence-corrected chi connectivity index (χ4v) is 0.428. The lowest BCUT2D eigenvalue weighted by Crippen LogP contribution is -2.16. The van der Waals surface area contributed by atoms with E-state index in [2.05, 4.69) is 4.74 Å². The van der Waals surface area contributed by atoms with Gasteiger partial charge in [-0.3, -0.25) is 4.79 Å². The highest BCUT2D eigenvalue weighted by Crippen LogP contribution is 2.25. The summed E-state index contributed by atoms with van der Waals surface area (Å²) in [5.74, 6) is -0.369. The van der Waals surface area contributed by atoms with Crippen molar-refractivity contribution < 1.29 is 23.9 Å². The molecule has 0 bridgehead atoms. The molecule has 0 saturated carbocycles. The predicted octanol–water partition coefficient (Wildman–Crippen LogP) is 1.94. The minimum Gasteiger partial charge on any atom is -0.461 e. The van der Waals surface area contributed by atoms with Gasteiger partial charge in [0.05, 0.1) is 0 Å². The molecule has 0 aromatic carbocycles. The van der Waals surface area contributed by atoms with Crippen molar-refractivity contribution in [2.75, 3.05) is 6.61 Å². The van der Waals surface area contributed by atoms with Crippen LogP contribution in [0.5, 0.6) is 0 Å². The van der Waals surface area contributed by atoms with Crippen molar-refractivity contribution in [3.05, 3.63) is 0 Å². The maximum atomic E-state index is 10.5. The molecule has 14 heavy (non-hydrogen) atoms. The van der Waals surface area contributed by atoms with Crippen LogP contribution in [0.4, 0.5) is 0 Å². The molecule has 0 aromatic heterocycles. The van der Waals surface area contributed by atoms with Crippen LogP contribution < -0.4 is 0 Å². The third-order valence-corrected chi connectivity index (χ3v) is 1.01. The zero-order chi connectivity index (χ0) is 11.8. The number of alkyl halides is 3. The third-order valence-electron chi connectivity index (χ3n) is 0.685. The molecule has 0 spiro atoms. The molecule has 0 saturated heterocycles. The highest BCUT2D eigenvalue weighted by molar-refractivity contribution is 7.30. The Kier molecular flexibility index (Phi) is 10.4.